The molecule has 2 amide bonds. The number of carbonyl (C=O) groups is 3. The molecular formula is C18H16F2N2O4S. The fourth-order valence-electron chi connectivity index (χ4n) is 2.02. The lowest BCUT2D eigenvalue weighted by atomic mass is 10.1. The van der Waals surface area contributed by atoms with Crippen LogP contribution in [0, 0.1) is 0 Å². The molecule has 6 nitrogen and oxygen atoms in total. The maximum atomic E-state index is 12.3. The maximum absolute atomic E-state index is 12.3. The summed E-state index contributed by atoms with van der Waals surface area (Å²) in [5, 5.41) is 2.53. The van der Waals surface area contributed by atoms with Crippen molar-refractivity contribution in [3.05, 3.63) is 59.7 Å². The average molecular weight is 394 g/mol. The normalized spacial score (nSPS) is 11.7. The number of carbonyl (C=O) groups excluding carboxylic acids is 3. The number of hydrogen-bond acceptors (Lipinski definition) is 5. The first-order valence-corrected chi connectivity index (χ1v) is 8.61. The Kier molecular flexibility index (Phi) is 6.89. The Morgan fingerprint density at radius 1 is 1.00 bits per heavy atom. The highest BCUT2D eigenvalue weighted by Crippen LogP contribution is 2.26. The van der Waals surface area contributed by atoms with Gasteiger partial charge in [-0.1, -0.05) is 11.8 Å². The third kappa shape index (κ3) is 6.07. The van der Waals surface area contributed by atoms with Gasteiger partial charge in [0.1, 0.15) is 0 Å². The summed E-state index contributed by atoms with van der Waals surface area (Å²) in [6.45, 7) is 1.39. The van der Waals surface area contributed by atoms with Crippen molar-refractivity contribution in [2.75, 3.05) is 5.32 Å². The van der Waals surface area contributed by atoms with Crippen molar-refractivity contribution in [3.8, 4) is 0 Å². The Bertz CT molecular complexity index is 826. The van der Waals surface area contributed by atoms with Gasteiger partial charge in [-0.3, -0.25) is 9.59 Å². The van der Waals surface area contributed by atoms with Gasteiger partial charge in [-0.05, 0) is 55.5 Å². The third-order valence-corrected chi connectivity index (χ3v) is 4.13. The Morgan fingerprint density at radius 2 is 1.56 bits per heavy atom. The van der Waals surface area contributed by atoms with Gasteiger partial charge in [0.25, 0.3) is 11.7 Å². The van der Waals surface area contributed by atoms with Crippen molar-refractivity contribution in [3.63, 3.8) is 0 Å². The molecule has 0 heterocycles. The van der Waals surface area contributed by atoms with E-state index in [0.29, 0.717) is 22.3 Å². The van der Waals surface area contributed by atoms with Gasteiger partial charge in [-0.25, -0.2) is 4.79 Å². The molecule has 142 valence electrons. The van der Waals surface area contributed by atoms with Gasteiger partial charge in [0, 0.05) is 16.1 Å². The van der Waals surface area contributed by atoms with E-state index in [1.807, 2.05) is 0 Å². The number of amides is 2. The van der Waals surface area contributed by atoms with Crippen molar-refractivity contribution in [2.45, 2.75) is 23.7 Å². The van der Waals surface area contributed by atoms with Gasteiger partial charge in [-0.15, -0.1) is 0 Å². The number of esters is 1. The molecule has 2 rings (SSSR count). The van der Waals surface area contributed by atoms with Crippen LogP contribution < -0.4 is 11.1 Å². The average Bonchev–Trinajstić information content (AvgIpc) is 2.62. The predicted octanol–water partition coefficient (Wildman–Crippen LogP) is 3.28. The Balaban J connectivity index is 1.92. The molecule has 3 N–H and O–H groups in total. The molecule has 0 saturated carbocycles. The number of nitrogens with two attached hydrogens (primary N) is 1. The molecule has 0 aliphatic carbocycles. The van der Waals surface area contributed by atoms with Crippen LogP contribution in [-0.4, -0.2) is 29.6 Å². The van der Waals surface area contributed by atoms with Crippen LogP contribution in [0.4, 0.5) is 14.5 Å². The highest BCUT2D eigenvalue weighted by molar-refractivity contribution is 7.99. The van der Waals surface area contributed by atoms with E-state index in [1.54, 1.807) is 0 Å². The van der Waals surface area contributed by atoms with Gasteiger partial charge >= 0.3 is 5.97 Å². The summed E-state index contributed by atoms with van der Waals surface area (Å²) >= 11 is 0.397. The van der Waals surface area contributed by atoms with Crippen LogP contribution in [-0.2, 0) is 9.53 Å². The number of rotatable bonds is 7. The summed E-state index contributed by atoms with van der Waals surface area (Å²) in [6.07, 6.45) is -1.09. The lowest BCUT2D eigenvalue weighted by Gasteiger charge is -2.14. The van der Waals surface area contributed by atoms with E-state index in [0.717, 1.165) is 0 Å². The first-order valence-electron chi connectivity index (χ1n) is 7.73. The number of halogens is 2. The topological polar surface area (TPSA) is 98.5 Å². The van der Waals surface area contributed by atoms with Crippen LogP contribution in [0.3, 0.4) is 0 Å². The van der Waals surface area contributed by atoms with E-state index < -0.39 is 29.6 Å². The monoisotopic (exact) mass is 394 g/mol. The Labute approximate surface area is 158 Å². The summed E-state index contributed by atoms with van der Waals surface area (Å²) in [5.41, 5.74) is 5.90. The van der Waals surface area contributed by atoms with Crippen LogP contribution in [0.25, 0.3) is 0 Å². The second-order valence-corrected chi connectivity index (χ2v) is 6.44. The van der Waals surface area contributed by atoms with Gasteiger partial charge in [-0.2, -0.15) is 8.78 Å². The van der Waals surface area contributed by atoms with Crippen LogP contribution in [0.2, 0.25) is 0 Å². The van der Waals surface area contributed by atoms with Crippen LogP contribution >= 0.6 is 11.8 Å². The third-order valence-electron chi connectivity index (χ3n) is 3.41. The Hall–Kier alpha value is -2.94. The van der Waals surface area contributed by atoms with Crippen molar-refractivity contribution in [1.29, 1.82) is 0 Å². The number of alkyl halides is 2. The smallest absolute Gasteiger partial charge is 0.338 e. The largest absolute Gasteiger partial charge is 0.449 e. The number of benzene rings is 2. The molecule has 9 heteroatoms. The Morgan fingerprint density at radius 3 is 2.07 bits per heavy atom. The molecule has 2 aromatic rings. The zero-order valence-corrected chi connectivity index (χ0v) is 15.0. The fourth-order valence-corrected chi connectivity index (χ4v) is 2.52. The molecule has 1 atom stereocenters. The number of nitrogens with one attached hydrogen (secondary N) is 1. The molecule has 0 aliphatic rings. The molecule has 0 radical (unpaired) electrons. The van der Waals surface area contributed by atoms with E-state index in [4.69, 9.17) is 10.5 Å². The molecule has 27 heavy (non-hydrogen) atoms. The van der Waals surface area contributed by atoms with Gasteiger partial charge < -0.3 is 15.8 Å². The van der Waals surface area contributed by atoms with Crippen LogP contribution in [0.5, 0.6) is 0 Å². The number of ether oxygens (including phenoxy) is 1. The summed E-state index contributed by atoms with van der Waals surface area (Å²) in [6, 6.07) is 11.3. The van der Waals surface area contributed by atoms with Crippen molar-refractivity contribution < 1.29 is 27.9 Å². The second kappa shape index (κ2) is 9.13. The first-order chi connectivity index (χ1) is 12.8. The fraction of sp³-hybridized carbons (Fsp3) is 0.167. The van der Waals surface area contributed by atoms with E-state index >= 15 is 0 Å². The van der Waals surface area contributed by atoms with Gasteiger partial charge in [0.2, 0.25) is 5.91 Å². The highest BCUT2D eigenvalue weighted by Gasteiger charge is 2.19. The summed E-state index contributed by atoms with van der Waals surface area (Å²) in [5.74, 6) is -4.47. The van der Waals surface area contributed by atoms with Gasteiger partial charge in [0.15, 0.2) is 6.10 Å². The van der Waals surface area contributed by atoms with Crippen molar-refractivity contribution in [1.82, 2.24) is 0 Å². The second-order valence-electron chi connectivity index (χ2n) is 5.38. The van der Waals surface area contributed by atoms with E-state index in [2.05, 4.69) is 5.32 Å². The minimum Gasteiger partial charge on any atom is -0.449 e. The number of primary amides is 1. The van der Waals surface area contributed by atoms with Gasteiger partial charge in [0.05, 0.1) is 5.56 Å². The molecule has 0 aliphatic heterocycles. The van der Waals surface area contributed by atoms with Crippen LogP contribution in [0.15, 0.2) is 53.4 Å². The van der Waals surface area contributed by atoms with Crippen LogP contribution in [0.1, 0.15) is 27.6 Å². The molecule has 0 bridgehead atoms. The summed E-state index contributed by atoms with van der Waals surface area (Å²) < 4.78 is 29.6. The molecule has 0 unspecified atom stereocenters. The van der Waals surface area contributed by atoms with Crippen molar-refractivity contribution >= 4 is 35.2 Å². The minimum absolute atomic E-state index is 0.160. The zero-order chi connectivity index (χ0) is 20.0. The number of thioether (sulfide) groups is 1. The summed E-state index contributed by atoms with van der Waals surface area (Å²) in [7, 11) is 0. The molecule has 2 aromatic carbocycles. The zero-order valence-electron chi connectivity index (χ0n) is 14.1. The predicted molar refractivity (Wildman–Crippen MR) is 96.8 cm³/mol. The first kappa shape index (κ1) is 20.4. The minimum atomic E-state index is -2.53. The SMILES string of the molecule is C[C@@H](OC(=O)c1ccc(C(N)=O)cc1)C(=O)Nc1ccc(SC(F)F)cc1. The standard InChI is InChI=1S/C18H16F2N2O4S/c1-10(26-17(25)12-4-2-11(3-5-12)15(21)23)16(24)22-13-6-8-14(9-7-13)27-18(19)20/h2-10,18H,1H3,(H2,21,23)(H,22,24)/t10-/m1/s1. The van der Waals surface area contributed by atoms with E-state index in [1.165, 1.54) is 55.5 Å². The highest BCUT2D eigenvalue weighted by atomic mass is 32.2. The van der Waals surface area contributed by atoms with Crippen molar-refractivity contribution in [2.24, 2.45) is 5.73 Å². The lowest BCUT2D eigenvalue weighted by Crippen LogP contribution is -2.30. The molecular weight excluding hydrogens is 378 g/mol. The molecule has 0 aromatic heterocycles. The number of anilines is 1. The number of hydrogen-bond donors (Lipinski definition) is 2. The molecule has 0 saturated heterocycles. The van der Waals surface area contributed by atoms with E-state index in [-0.39, 0.29) is 11.1 Å². The summed E-state index contributed by atoms with van der Waals surface area (Å²) in [4.78, 5) is 35.5. The lowest BCUT2D eigenvalue weighted by molar-refractivity contribution is -0.123. The van der Waals surface area contributed by atoms with E-state index in [9.17, 15) is 23.2 Å². The molecule has 0 spiro atoms. The quantitative estimate of drug-likeness (QED) is 0.555. The maximum Gasteiger partial charge on any atom is 0.338 e. The molecule has 0 fully saturated rings.